The van der Waals surface area contributed by atoms with Crippen molar-refractivity contribution in [2.24, 2.45) is 5.14 Å². The lowest BCUT2D eigenvalue weighted by atomic mass is 10.2. The van der Waals surface area contributed by atoms with Gasteiger partial charge in [0.05, 0.1) is 12.7 Å². The van der Waals surface area contributed by atoms with Gasteiger partial charge in [0.1, 0.15) is 0 Å². The predicted octanol–water partition coefficient (Wildman–Crippen LogP) is -0.319. The fourth-order valence-electron chi connectivity index (χ4n) is 2.10. The van der Waals surface area contributed by atoms with Crippen molar-refractivity contribution in [2.75, 3.05) is 26.2 Å². The van der Waals surface area contributed by atoms with Crippen LogP contribution in [0.5, 0.6) is 0 Å². The van der Waals surface area contributed by atoms with Crippen LogP contribution in [-0.2, 0) is 21.5 Å². The van der Waals surface area contributed by atoms with Gasteiger partial charge < -0.3 is 4.74 Å². The van der Waals surface area contributed by atoms with E-state index in [1.165, 1.54) is 5.56 Å². The van der Waals surface area contributed by atoms with Crippen molar-refractivity contribution in [3.63, 3.8) is 0 Å². The van der Waals surface area contributed by atoms with Crippen molar-refractivity contribution in [1.82, 2.24) is 9.62 Å². The number of nitrogens with two attached hydrogens (primary N) is 1. The largest absolute Gasteiger partial charge is 0.374 e. The minimum Gasteiger partial charge on any atom is -0.374 e. The third-order valence-corrected chi connectivity index (χ3v) is 3.55. The lowest BCUT2D eigenvalue weighted by Gasteiger charge is -2.32. The number of ether oxygens (including phenoxy) is 1. The molecule has 0 bridgehead atoms. The normalized spacial score (nSPS) is 21.4. The van der Waals surface area contributed by atoms with Crippen molar-refractivity contribution in [1.29, 1.82) is 0 Å². The van der Waals surface area contributed by atoms with Crippen LogP contribution in [0.15, 0.2) is 30.3 Å². The van der Waals surface area contributed by atoms with E-state index in [-0.39, 0.29) is 12.6 Å². The summed E-state index contributed by atoms with van der Waals surface area (Å²) in [6.07, 6.45) is -0.157. The van der Waals surface area contributed by atoms with E-state index in [1.807, 2.05) is 18.2 Å². The number of nitrogens with one attached hydrogen (secondary N) is 1. The first-order valence-corrected chi connectivity index (χ1v) is 7.73. The van der Waals surface area contributed by atoms with E-state index >= 15 is 0 Å². The third-order valence-electron chi connectivity index (χ3n) is 2.98. The Labute approximate surface area is 113 Å². The van der Waals surface area contributed by atoms with Gasteiger partial charge in [0.2, 0.25) is 0 Å². The Morgan fingerprint density at radius 3 is 2.79 bits per heavy atom. The molecule has 1 aromatic rings. The van der Waals surface area contributed by atoms with Gasteiger partial charge in [-0.15, -0.1) is 0 Å². The Balaban J connectivity index is 1.84. The monoisotopic (exact) mass is 285 g/mol. The second-order valence-electron chi connectivity index (χ2n) is 4.61. The molecular formula is C12H19N3O3S. The molecule has 0 saturated carbocycles. The molecule has 1 saturated heterocycles. The van der Waals surface area contributed by atoms with Crippen LogP contribution in [0.1, 0.15) is 5.56 Å². The summed E-state index contributed by atoms with van der Waals surface area (Å²) in [6, 6.07) is 10.2. The Morgan fingerprint density at radius 1 is 1.37 bits per heavy atom. The van der Waals surface area contributed by atoms with Crippen molar-refractivity contribution in [3.8, 4) is 0 Å². The minimum absolute atomic E-state index is 0.157. The van der Waals surface area contributed by atoms with E-state index in [9.17, 15) is 8.42 Å². The summed E-state index contributed by atoms with van der Waals surface area (Å²) in [5, 5.41) is 4.90. The average Bonchev–Trinajstić information content (AvgIpc) is 2.37. The van der Waals surface area contributed by atoms with Gasteiger partial charge in [-0.1, -0.05) is 30.3 Å². The van der Waals surface area contributed by atoms with E-state index in [1.54, 1.807) is 0 Å². The summed E-state index contributed by atoms with van der Waals surface area (Å²) < 4.78 is 29.5. The van der Waals surface area contributed by atoms with Crippen molar-refractivity contribution < 1.29 is 13.2 Å². The lowest BCUT2D eigenvalue weighted by molar-refractivity contribution is -0.0276. The van der Waals surface area contributed by atoms with Crippen LogP contribution in [-0.4, -0.2) is 45.7 Å². The molecule has 6 nitrogen and oxygen atoms in total. The first-order chi connectivity index (χ1) is 9.03. The lowest BCUT2D eigenvalue weighted by Crippen LogP contribution is -2.48. The molecule has 1 heterocycles. The maximum absolute atomic E-state index is 10.8. The summed E-state index contributed by atoms with van der Waals surface area (Å²) in [5.41, 5.74) is 1.24. The molecule has 7 heteroatoms. The standard InChI is InChI=1S/C12H19N3O3S/c13-19(16,17)14-8-12-10-15(6-7-18-12)9-11-4-2-1-3-5-11/h1-5,12,14H,6-10H2,(H2,13,16,17)/t12-/m1/s1. The first-order valence-electron chi connectivity index (χ1n) is 6.18. The predicted molar refractivity (Wildman–Crippen MR) is 72.6 cm³/mol. The van der Waals surface area contributed by atoms with Crippen molar-refractivity contribution >= 4 is 10.2 Å². The molecule has 1 aromatic carbocycles. The van der Waals surface area contributed by atoms with Gasteiger partial charge in [-0.3, -0.25) is 4.90 Å². The minimum atomic E-state index is -3.65. The number of hydrogen-bond donors (Lipinski definition) is 2. The summed E-state index contributed by atoms with van der Waals surface area (Å²) in [7, 11) is -3.65. The molecule has 0 spiro atoms. The summed E-state index contributed by atoms with van der Waals surface area (Å²) in [6.45, 7) is 3.20. The number of hydrogen-bond acceptors (Lipinski definition) is 4. The van der Waals surface area contributed by atoms with Crippen LogP contribution >= 0.6 is 0 Å². The van der Waals surface area contributed by atoms with Gasteiger partial charge in [-0.05, 0) is 5.56 Å². The zero-order valence-corrected chi connectivity index (χ0v) is 11.5. The summed E-state index contributed by atoms with van der Waals surface area (Å²) in [5.74, 6) is 0. The number of morpholine rings is 1. The van der Waals surface area contributed by atoms with Gasteiger partial charge in [0, 0.05) is 26.2 Å². The van der Waals surface area contributed by atoms with Gasteiger partial charge in [-0.25, -0.2) is 5.14 Å². The zero-order valence-electron chi connectivity index (χ0n) is 10.7. The Morgan fingerprint density at radius 2 is 2.11 bits per heavy atom. The van der Waals surface area contributed by atoms with Crippen molar-refractivity contribution in [3.05, 3.63) is 35.9 Å². The quantitative estimate of drug-likeness (QED) is 0.776. The van der Waals surface area contributed by atoms with E-state index in [0.717, 1.165) is 13.1 Å². The molecule has 3 N–H and O–H groups in total. The number of nitrogens with zero attached hydrogens (tertiary/aromatic N) is 1. The van der Waals surface area contributed by atoms with E-state index < -0.39 is 10.2 Å². The molecule has 0 radical (unpaired) electrons. The van der Waals surface area contributed by atoms with Crippen LogP contribution in [0.25, 0.3) is 0 Å². The number of rotatable bonds is 5. The van der Waals surface area contributed by atoms with Gasteiger partial charge in [0.15, 0.2) is 0 Å². The zero-order chi connectivity index (χ0) is 13.7. The van der Waals surface area contributed by atoms with Gasteiger partial charge in [-0.2, -0.15) is 13.1 Å². The van der Waals surface area contributed by atoms with E-state index in [4.69, 9.17) is 9.88 Å². The third kappa shape index (κ3) is 5.25. The molecule has 1 aliphatic rings. The van der Waals surface area contributed by atoms with Gasteiger partial charge in [0.25, 0.3) is 10.2 Å². The highest BCUT2D eigenvalue weighted by Gasteiger charge is 2.21. The fourth-order valence-corrected chi connectivity index (χ4v) is 2.52. The Hall–Kier alpha value is -0.990. The van der Waals surface area contributed by atoms with Crippen molar-refractivity contribution in [2.45, 2.75) is 12.6 Å². The van der Waals surface area contributed by atoms with Crippen LogP contribution in [0.4, 0.5) is 0 Å². The van der Waals surface area contributed by atoms with Crippen LogP contribution in [0.3, 0.4) is 0 Å². The molecule has 1 aliphatic heterocycles. The molecule has 0 aliphatic carbocycles. The molecule has 0 aromatic heterocycles. The molecule has 0 amide bonds. The highest BCUT2D eigenvalue weighted by Crippen LogP contribution is 2.10. The first kappa shape index (κ1) is 14.4. The smallest absolute Gasteiger partial charge is 0.274 e. The second-order valence-corrected chi connectivity index (χ2v) is 5.99. The molecule has 1 atom stereocenters. The molecule has 1 fully saturated rings. The van der Waals surface area contributed by atoms with Gasteiger partial charge >= 0.3 is 0 Å². The maximum Gasteiger partial charge on any atom is 0.274 e. The molecule has 2 rings (SSSR count). The topological polar surface area (TPSA) is 84.7 Å². The van der Waals surface area contributed by atoms with Crippen LogP contribution in [0, 0.1) is 0 Å². The van der Waals surface area contributed by atoms with Crippen LogP contribution in [0.2, 0.25) is 0 Å². The van der Waals surface area contributed by atoms with E-state index in [2.05, 4.69) is 21.8 Å². The average molecular weight is 285 g/mol. The number of benzene rings is 1. The highest BCUT2D eigenvalue weighted by molar-refractivity contribution is 7.87. The molecular weight excluding hydrogens is 266 g/mol. The van der Waals surface area contributed by atoms with Crippen LogP contribution < -0.4 is 9.86 Å². The molecule has 19 heavy (non-hydrogen) atoms. The maximum atomic E-state index is 10.8. The SMILES string of the molecule is NS(=O)(=O)NC[C@@H]1CN(Cc2ccccc2)CCO1. The van der Waals surface area contributed by atoms with E-state index in [0.29, 0.717) is 13.2 Å². The summed E-state index contributed by atoms with van der Waals surface area (Å²) in [4.78, 5) is 2.24. The Bertz CT molecular complexity index is 492. The molecule has 106 valence electrons. The highest BCUT2D eigenvalue weighted by atomic mass is 32.2. The fraction of sp³-hybridized carbons (Fsp3) is 0.500. The second kappa shape index (κ2) is 6.44. The Kier molecular flexibility index (Phi) is 4.89. The molecule has 0 unspecified atom stereocenters. The summed E-state index contributed by atoms with van der Waals surface area (Å²) >= 11 is 0.